The molecule has 0 atom stereocenters. The number of rotatable bonds is 33. The Morgan fingerprint density at radius 2 is 0.935 bits per heavy atom. The second kappa shape index (κ2) is 26.5. The van der Waals surface area contributed by atoms with Crippen LogP contribution in [0.3, 0.4) is 0 Å². The first-order valence-corrected chi connectivity index (χ1v) is 28.2. The first kappa shape index (κ1) is 49.1. The van der Waals surface area contributed by atoms with E-state index in [4.69, 9.17) is 14.2 Å². The van der Waals surface area contributed by atoms with E-state index >= 15 is 4.39 Å². The van der Waals surface area contributed by atoms with E-state index in [1.54, 1.807) is 22.7 Å². The Labute approximate surface area is 390 Å². The smallest absolute Gasteiger partial charge is 0.211 e. The van der Waals surface area contributed by atoms with E-state index in [1.165, 1.54) is 178 Å². The second-order valence-corrected chi connectivity index (χ2v) is 22.4. The molecule has 6 rings (SSSR count). The molecule has 0 aliphatic heterocycles. The van der Waals surface area contributed by atoms with Crippen LogP contribution in [0.5, 0.6) is 16.6 Å². The molecule has 0 radical (unpaired) electrons. The summed E-state index contributed by atoms with van der Waals surface area (Å²) in [6.07, 6.45) is 33.2. The minimum absolute atomic E-state index is 0.195. The minimum atomic E-state index is -0.195. The highest BCUT2D eigenvalue weighted by molar-refractivity contribution is 7.30. The largest absolute Gasteiger partial charge is 0.492 e. The average molecular weight is 921 g/mol. The molecule has 3 nitrogen and oxygen atoms in total. The van der Waals surface area contributed by atoms with Crippen molar-refractivity contribution in [2.45, 2.75) is 202 Å². The Morgan fingerprint density at radius 1 is 0.452 bits per heavy atom. The first-order valence-electron chi connectivity index (χ1n) is 25.0. The highest BCUT2D eigenvalue weighted by Crippen LogP contribution is 2.52. The lowest BCUT2D eigenvalue weighted by molar-refractivity contribution is 0.300. The molecule has 0 saturated heterocycles. The third kappa shape index (κ3) is 13.6. The molecule has 0 aliphatic rings. The van der Waals surface area contributed by atoms with Gasteiger partial charge in [0.1, 0.15) is 11.5 Å². The van der Waals surface area contributed by atoms with Crippen LogP contribution in [-0.4, -0.2) is 19.8 Å². The van der Waals surface area contributed by atoms with Crippen molar-refractivity contribution in [3.63, 3.8) is 0 Å². The summed E-state index contributed by atoms with van der Waals surface area (Å²) in [7, 11) is 0. The van der Waals surface area contributed by atoms with Crippen LogP contribution in [-0.2, 0) is 0 Å². The minimum Gasteiger partial charge on any atom is -0.492 e. The van der Waals surface area contributed by atoms with Crippen LogP contribution in [0.2, 0.25) is 0 Å². The van der Waals surface area contributed by atoms with E-state index < -0.39 is 0 Å². The van der Waals surface area contributed by atoms with Crippen LogP contribution in [0.4, 0.5) is 4.39 Å². The lowest BCUT2D eigenvalue weighted by Crippen LogP contribution is -2.01. The van der Waals surface area contributed by atoms with Gasteiger partial charge in [0.2, 0.25) is 5.06 Å². The number of thiophene rings is 4. The summed E-state index contributed by atoms with van der Waals surface area (Å²) < 4.78 is 39.5. The number of hydrogen-bond acceptors (Lipinski definition) is 7. The summed E-state index contributed by atoms with van der Waals surface area (Å²) in [5.41, 5.74) is 0. The number of fused-ring (bicyclic) bond motifs is 4. The van der Waals surface area contributed by atoms with Gasteiger partial charge in [-0.1, -0.05) is 180 Å². The van der Waals surface area contributed by atoms with Gasteiger partial charge in [-0.3, -0.25) is 0 Å². The van der Waals surface area contributed by atoms with Gasteiger partial charge < -0.3 is 14.2 Å². The van der Waals surface area contributed by atoms with Gasteiger partial charge >= 0.3 is 0 Å². The third-order valence-corrected chi connectivity index (χ3v) is 17.3. The van der Waals surface area contributed by atoms with Gasteiger partial charge in [0.15, 0.2) is 5.82 Å². The Hall–Kier alpha value is -2.39. The van der Waals surface area contributed by atoms with E-state index in [1.807, 2.05) is 11.3 Å². The fourth-order valence-electron chi connectivity index (χ4n) is 8.92. The maximum Gasteiger partial charge on any atom is 0.211 e. The van der Waals surface area contributed by atoms with E-state index in [2.05, 4.69) is 58.9 Å². The summed E-state index contributed by atoms with van der Waals surface area (Å²) in [6, 6.07) is 9.25. The van der Waals surface area contributed by atoms with Crippen molar-refractivity contribution < 1.29 is 18.6 Å². The molecule has 62 heavy (non-hydrogen) atoms. The topological polar surface area (TPSA) is 27.7 Å². The van der Waals surface area contributed by atoms with Gasteiger partial charge in [-0.25, -0.2) is 4.39 Å². The molecule has 0 bridgehead atoms. The van der Waals surface area contributed by atoms with Gasteiger partial charge in [0.05, 0.1) is 39.5 Å². The number of ether oxygens (including phenoxy) is 3. The Morgan fingerprint density at radius 3 is 1.48 bits per heavy atom. The van der Waals surface area contributed by atoms with Crippen LogP contribution < -0.4 is 14.2 Å². The molecule has 4 aromatic heterocycles. The highest BCUT2D eigenvalue weighted by Gasteiger charge is 2.25. The zero-order chi connectivity index (χ0) is 43.5. The molecule has 0 fully saturated rings. The van der Waals surface area contributed by atoms with Crippen molar-refractivity contribution in [3.05, 3.63) is 39.8 Å². The van der Waals surface area contributed by atoms with Crippen molar-refractivity contribution in [1.82, 2.24) is 0 Å². The zero-order valence-electron chi connectivity index (χ0n) is 39.1. The number of unbranched alkanes of at least 4 members (excludes halogenated alkanes) is 23. The molecule has 342 valence electrons. The quantitative estimate of drug-likeness (QED) is 0.0385. The number of halogens is 1. The van der Waals surface area contributed by atoms with Crippen LogP contribution in [0, 0.1) is 19.7 Å². The second-order valence-electron chi connectivity index (χ2n) is 17.9. The standard InChI is InChI=1S/C54H77FO3S4/c1-6-9-12-15-18-20-22-24-27-29-32-56-49-43-38-45-41(36-42(43)50(52-44(49)35-39(4)59-52)57-33-30-28-25-23-21-19-16-13-10-7-2)37-46(61-45)53-47-48(55)54(62-51(47)40(5)60-53)58-34-31-26-17-14-11-8-3/h35-38H,6-34H2,1-5H3. The maximum atomic E-state index is 16.3. The molecule has 4 heterocycles. The molecule has 0 unspecified atom stereocenters. The van der Waals surface area contributed by atoms with Crippen molar-refractivity contribution in [3.8, 4) is 26.3 Å². The lowest BCUT2D eigenvalue weighted by atomic mass is 10.0. The molecule has 0 spiro atoms. The molecule has 0 amide bonds. The highest BCUT2D eigenvalue weighted by atomic mass is 32.1. The first-order chi connectivity index (χ1) is 30.4. The van der Waals surface area contributed by atoms with E-state index in [0.717, 1.165) is 85.9 Å². The summed E-state index contributed by atoms with van der Waals surface area (Å²) >= 11 is 6.77. The molecule has 8 heteroatoms. The van der Waals surface area contributed by atoms with Gasteiger partial charge in [-0.2, -0.15) is 0 Å². The fourth-order valence-corrected chi connectivity index (χ4v) is 13.5. The molecule has 2 aromatic carbocycles. The Balaban J connectivity index is 1.22. The SMILES string of the molecule is CCCCCCCCCCCCOc1c2cc3sc(-c4sc(C)c5sc(OCCCCCCCC)c(F)c45)cc3cc2c(OCCCCCCCCCCCC)c2sc(C)cc12. The summed E-state index contributed by atoms with van der Waals surface area (Å²) in [6.45, 7) is 13.2. The van der Waals surface area contributed by atoms with Gasteiger partial charge in [-0.05, 0) is 62.8 Å². The van der Waals surface area contributed by atoms with Gasteiger partial charge in [0.25, 0.3) is 0 Å². The van der Waals surface area contributed by atoms with Crippen LogP contribution in [0.1, 0.15) is 197 Å². The number of hydrogen-bond donors (Lipinski definition) is 0. The molecular formula is C54H77FO3S4. The lowest BCUT2D eigenvalue weighted by Gasteiger charge is -2.16. The van der Waals surface area contributed by atoms with Crippen molar-refractivity contribution in [2.75, 3.05) is 19.8 Å². The number of aryl methyl sites for hydroxylation is 2. The molecular weight excluding hydrogens is 844 g/mol. The summed E-state index contributed by atoms with van der Waals surface area (Å²) in [5, 5.41) is 5.76. The van der Waals surface area contributed by atoms with Crippen LogP contribution in [0.25, 0.3) is 50.8 Å². The van der Waals surface area contributed by atoms with Gasteiger partial charge in [0, 0.05) is 35.5 Å². The zero-order valence-corrected chi connectivity index (χ0v) is 42.3. The third-order valence-electron chi connectivity index (χ3n) is 12.5. The Bertz CT molecular complexity index is 2120. The van der Waals surface area contributed by atoms with Gasteiger partial charge in [-0.15, -0.1) is 34.0 Å². The van der Waals surface area contributed by atoms with Crippen molar-refractivity contribution in [2.24, 2.45) is 0 Å². The Kier molecular flexibility index (Phi) is 21.0. The molecule has 0 aliphatic carbocycles. The average Bonchev–Trinajstić information content (AvgIpc) is 4.04. The van der Waals surface area contributed by atoms with Crippen LogP contribution >= 0.6 is 45.3 Å². The predicted molar refractivity (Wildman–Crippen MR) is 276 cm³/mol. The van der Waals surface area contributed by atoms with Crippen molar-refractivity contribution >= 4 is 86.4 Å². The summed E-state index contributed by atoms with van der Waals surface area (Å²) in [4.78, 5) is 4.54. The molecule has 6 aromatic rings. The van der Waals surface area contributed by atoms with E-state index in [-0.39, 0.29) is 5.82 Å². The van der Waals surface area contributed by atoms with E-state index in [9.17, 15) is 0 Å². The predicted octanol–water partition coefficient (Wildman–Crippen LogP) is 20.3. The maximum absolute atomic E-state index is 16.3. The van der Waals surface area contributed by atoms with E-state index in [0.29, 0.717) is 11.7 Å². The number of benzene rings is 2. The fraction of sp³-hybridized carbons (Fsp3) is 0.630. The summed E-state index contributed by atoms with van der Waals surface area (Å²) in [5.74, 6) is 1.79. The monoisotopic (exact) mass is 920 g/mol. The molecule has 0 N–H and O–H groups in total. The molecule has 0 saturated carbocycles. The van der Waals surface area contributed by atoms with Crippen molar-refractivity contribution in [1.29, 1.82) is 0 Å². The normalized spacial score (nSPS) is 12.0. The van der Waals surface area contributed by atoms with Crippen LogP contribution in [0.15, 0.2) is 24.3 Å².